The van der Waals surface area contributed by atoms with Crippen LogP contribution in [0.1, 0.15) is 25.3 Å². The summed E-state index contributed by atoms with van der Waals surface area (Å²) in [6, 6.07) is 7.89. The molecular weight excluding hydrogens is 236 g/mol. The molecule has 0 aliphatic heterocycles. The minimum Gasteiger partial charge on any atom is -0.352 e. The second kappa shape index (κ2) is 5.52. The fraction of sp³-hybridized carbons (Fsp3) is 0.462. The van der Waals surface area contributed by atoms with Gasteiger partial charge in [0.15, 0.2) is 0 Å². The highest BCUT2D eigenvalue weighted by atomic mass is 35.5. The van der Waals surface area contributed by atoms with E-state index in [1.165, 1.54) is 0 Å². The van der Waals surface area contributed by atoms with Gasteiger partial charge in [0, 0.05) is 17.6 Å². The summed E-state index contributed by atoms with van der Waals surface area (Å²) in [6.45, 7) is 2.53. The largest absolute Gasteiger partial charge is 0.352 e. The standard InChI is InChI=1S/C13H17ClN2O/c1-9(13(17)16-12-5-6-12)15-8-10-3-2-4-11(14)7-10/h2-4,7,9,12,15H,5-6,8H2,1H3,(H,16,17). The molecule has 0 spiro atoms. The van der Waals surface area contributed by atoms with E-state index in [0.29, 0.717) is 12.6 Å². The fourth-order valence-electron chi connectivity index (χ4n) is 1.56. The highest BCUT2D eigenvalue weighted by Crippen LogP contribution is 2.18. The number of carbonyl (C=O) groups excluding carboxylic acids is 1. The molecule has 1 atom stereocenters. The topological polar surface area (TPSA) is 41.1 Å². The highest BCUT2D eigenvalue weighted by Gasteiger charge is 2.25. The van der Waals surface area contributed by atoms with Crippen LogP contribution in [0.25, 0.3) is 0 Å². The smallest absolute Gasteiger partial charge is 0.237 e. The summed E-state index contributed by atoms with van der Waals surface area (Å²) in [5, 5.41) is 6.88. The molecule has 1 saturated carbocycles. The number of hydrogen-bond donors (Lipinski definition) is 2. The van der Waals surface area contributed by atoms with Crippen molar-refractivity contribution in [2.75, 3.05) is 0 Å². The van der Waals surface area contributed by atoms with E-state index >= 15 is 0 Å². The zero-order chi connectivity index (χ0) is 12.3. The minimum atomic E-state index is -0.172. The summed E-state index contributed by atoms with van der Waals surface area (Å²) in [5.41, 5.74) is 1.09. The van der Waals surface area contributed by atoms with E-state index < -0.39 is 0 Å². The molecule has 1 unspecified atom stereocenters. The molecule has 0 heterocycles. The summed E-state index contributed by atoms with van der Waals surface area (Å²) in [6.07, 6.45) is 2.24. The molecule has 92 valence electrons. The lowest BCUT2D eigenvalue weighted by Gasteiger charge is -2.13. The van der Waals surface area contributed by atoms with E-state index in [2.05, 4.69) is 10.6 Å². The Bertz CT molecular complexity index is 404. The molecular formula is C13H17ClN2O. The van der Waals surface area contributed by atoms with Gasteiger partial charge in [0.1, 0.15) is 0 Å². The van der Waals surface area contributed by atoms with Crippen molar-refractivity contribution in [1.29, 1.82) is 0 Å². The molecule has 0 bridgehead atoms. The average molecular weight is 253 g/mol. The molecule has 0 saturated heterocycles. The first-order chi connectivity index (χ1) is 8.15. The predicted octanol–water partition coefficient (Wildman–Crippen LogP) is 2.10. The van der Waals surface area contributed by atoms with Gasteiger partial charge in [-0.05, 0) is 37.5 Å². The number of benzene rings is 1. The van der Waals surface area contributed by atoms with Crippen molar-refractivity contribution in [2.45, 2.75) is 38.4 Å². The summed E-state index contributed by atoms with van der Waals surface area (Å²) < 4.78 is 0. The van der Waals surface area contributed by atoms with E-state index in [1.54, 1.807) is 0 Å². The molecule has 1 aromatic rings. The van der Waals surface area contributed by atoms with Gasteiger partial charge in [-0.25, -0.2) is 0 Å². The molecule has 0 radical (unpaired) electrons. The number of carbonyl (C=O) groups is 1. The van der Waals surface area contributed by atoms with Crippen LogP contribution >= 0.6 is 11.6 Å². The third-order valence-electron chi connectivity index (χ3n) is 2.82. The molecule has 1 aromatic carbocycles. The van der Waals surface area contributed by atoms with Crippen molar-refractivity contribution >= 4 is 17.5 Å². The van der Waals surface area contributed by atoms with Crippen molar-refractivity contribution in [3.8, 4) is 0 Å². The molecule has 4 heteroatoms. The zero-order valence-corrected chi connectivity index (χ0v) is 10.6. The third-order valence-corrected chi connectivity index (χ3v) is 3.05. The molecule has 2 rings (SSSR count). The van der Waals surface area contributed by atoms with Gasteiger partial charge in [0.2, 0.25) is 5.91 Å². The first kappa shape index (κ1) is 12.4. The van der Waals surface area contributed by atoms with Gasteiger partial charge in [0.25, 0.3) is 0 Å². The SMILES string of the molecule is CC(NCc1cccc(Cl)c1)C(=O)NC1CC1. The van der Waals surface area contributed by atoms with Gasteiger partial charge in [-0.2, -0.15) is 0 Å². The van der Waals surface area contributed by atoms with E-state index in [1.807, 2.05) is 31.2 Å². The molecule has 1 aliphatic rings. The van der Waals surface area contributed by atoms with Crippen molar-refractivity contribution in [2.24, 2.45) is 0 Å². The first-order valence-corrected chi connectivity index (χ1v) is 6.31. The van der Waals surface area contributed by atoms with E-state index in [9.17, 15) is 4.79 Å². The Kier molecular flexibility index (Phi) is 4.02. The molecule has 0 aromatic heterocycles. The van der Waals surface area contributed by atoms with Gasteiger partial charge in [-0.3, -0.25) is 4.79 Å². The number of amides is 1. The lowest BCUT2D eigenvalue weighted by atomic mass is 10.2. The van der Waals surface area contributed by atoms with Gasteiger partial charge < -0.3 is 10.6 Å². The zero-order valence-electron chi connectivity index (χ0n) is 9.87. The second-order valence-electron chi connectivity index (χ2n) is 4.52. The first-order valence-electron chi connectivity index (χ1n) is 5.93. The van der Waals surface area contributed by atoms with Crippen LogP contribution in [-0.4, -0.2) is 18.0 Å². The quantitative estimate of drug-likeness (QED) is 0.843. The average Bonchev–Trinajstić information content (AvgIpc) is 3.10. The minimum absolute atomic E-state index is 0.0783. The summed E-state index contributed by atoms with van der Waals surface area (Å²) in [5.74, 6) is 0.0783. The third kappa shape index (κ3) is 4.02. The number of halogens is 1. The molecule has 1 aliphatic carbocycles. The maximum Gasteiger partial charge on any atom is 0.237 e. The van der Waals surface area contributed by atoms with Crippen LogP contribution in [0, 0.1) is 0 Å². The van der Waals surface area contributed by atoms with Gasteiger partial charge >= 0.3 is 0 Å². The molecule has 3 nitrogen and oxygen atoms in total. The highest BCUT2D eigenvalue weighted by molar-refractivity contribution is 6.30. The van der Waals surface area contributed by atoms with Crippen LogP contribution in [-0.2, 0) is 11.3 Å². The maximum absolute atomic E-state index is 11.7. The number of rotatable bonds is 5. The van der Waals surface area contributed by atoms with E-state index in [4.69, 9.17) is 11.6 Å². The Morgan fingerprint density at radius 2 is 2.29 bits per heavy atom. The Hall–Kier alpha value is -1.06. The van der Waals surface area contributed by atoms with Gasteiger partial charge in [-0.15, -0.1) is 0 Å². The Balaban J connectivity index is 1.78. The lowest BCUT2D eigenvalue weighted by Crippen LogP contribution is -2.42. The van der Waals surface area contributed by atoms with Gasteiger partial charge in [0.05, 0.1) is 6.04 Å². The lowest BCUT2D eigenvalue weighted by molar-refractivity contribution is -0.122. The monoisotopic (exact) mass is 252 g/mol. The van der Waals surface area contributed by atoms with Crippen molar-refractivity contribution in [3.63, 3.8) is 0 Å². The van der Waals surface area contributed by atoms with Crippen molar-refractivity contribution in [3.05, 3.63) is 34.9 Å². The van der Waals surface area contributed by atoms with Crippen LogP contribution in [0.15, 0.2) is 24.3 Å². The molecule has 2 N–H and O–H groups in total. The fourth-order valence-corrected chi connectivity index (χ4v) is 1.78. The van der Waals surface area contributed by atoms with Gasteiger partial charge in [-0.1, -0.05) is 23.7 Å². The van der Waals surface area contributed by atoms with Crippen LogP contribution in [0.2, 0.25) is 5.02 Å². The molecule has 1 amide bonds. The number of nitrogens with one attached hydrogen (secondary N) is 2. The van der Waals surface area contributed by atoms with Crippen LogP contribution in [0.5, 0.6) is 0 Å². The summed E-state index contributed by atoms with van der Waals surface area (Å²) in [7, 11) is 0. The van der Waals surface area contributed by atoms with Crippen LogP contribution in [0.4, 0.5) is 0 Å². The summed E-state index contributed by atoms with van der Waals surface area (Å²) in [4.78, 5) is 11.7. The Morgan fingerprint density at radius 1 is 1.53 bits per heavy atom. The van der Waals surface area contributed by atoms with Crippen LogP contribution < -0.4 is 10.6 Å². The Labute approximate surface area is 107 Å². The van der Waals surface area contributed by atoms with Crippen molar-refractivity contribution < 1.29 is 4.79 Å². The van der Waals surface area contributed by atoms with Crippen molar-refractivity contribution in [1.82, 2.24) is 10.6 Å². The second-order valence-corrected chi connectivity index (χ2v) is 4.95. The van der Waals surface area contributed by atoms with Crippen LogP contribution in [0.3, 0.4) is 0 Å². The summed E-state index contributed by atoms with van der Waals surface area (Å²) >= 11 is 5.89. The number of hydrogen-bond acceptors (Lipinski definition) is 2. The normalized spacial score (nSPS) is 16.6. The maximum atomic E-state index is 11.7. The molecule has 17 heavy (non-hydrogen) atoms. The van der Waals surface area contributed by atoms with E-state index in [0.717, 1.165) is 23.4 Å². The predicted molar refractivity (Wildman–Crippen MR) is 68.9 cm³/mol. The molecule has 1 fully saturated rings. The Morgan fingerprint density at radius 3 is 2.94 bits per heavy atom. The van der Waals surface area contributed by atoms with E-state index in [-0.39, 0.29) is 11.9 Å².